The van der Waals surface area contributed by atoms with Crippen LogP contribution < -0.4 is 0 Å². The number of aliphatic hydroxyl groups is 4. The molecule has 76 valence electrons. The molecule has 13 heavy (non-hydrogen) atoms. The van der Waals surface area contributed by atoms with Crippen LogP contribution in [0.5, 0.6) is 0 Å². The van der Waals surface area contributed by atoms with Gasteiger partial charge in [0.15, 0.2) is 0 Å². The monoisotopic (exact) mass is 208 g/mol. The summed E-state index contributed by atoms with van der Waals surface area (Å²) in [6.07, 6.45) is -4.88. The molecule has 0 saturated carbocycles. The summed E-state index contributed by atoms with van der Waals surface area (Å²) in [6, 6.07) is 0. The van der Waals surface area contributed by atoms with Crippen molar-refractivity contribution in [1.29, 1.82) is 0 Å². The van der Waals surface area contributed by atoms with Crippen LogP contribution in [0.3, 0.4) is 0 Å². The summed E-state index contributed by atoms with van der Waals surface area (Å²) in [5, 5.41) is 36.5. The molecule has 6 heteroatoms. The van der Waals surface area contributed by atoms with Crippen LogP contribution in [-0.4, -0.2) is 56.9 Å². The van der Waals surface area contributed by atoms with E-state index in [2.05, 4.69) is 0 Å². The molecular formula is C7H12O5S. The van der Waals surface area contributed by atoms with Crippen LogP contribution in [0.2, 0.25) is 0 Å². The summed E-state index contributed by atoms with van der Waals surface area (Å²) >= 11 is 0.0109. The van der Waals surface area contributed by atoms with Crippen molar-refractivity contribution in [1.82, 2.24) is 0 Å². The Bertz CT molecular complexity index is 213. The van der Waals surface area contributed by atoms with E-state index in [0.29, 0.717) is 0 Å². The molecule has 0 amide bonds. The van der Waals surface area contributed by atoms with E-state index < -0.39 is 36.5 Å². The van der Waals surface area contributed by atoms with Crippen molar-refractivity contribution in [2.75, 3.05) is 6.61 Å². The Morgan fingerprint density at radius 2 is 1.77 bits per heavy atom. The normalized spacial score (nSPS) is 46.5. The molecule has 0 spiro atoms. The Morgan fingerprint density at radius 1 is 1.15 bits per heavy atom. The standard InChI is InChI=1S/C7H12O5S/c1-13-7-6(11)5(10)4(9)3(2-8)12-7/h3-11,13H,2H2. The number of ether oxygens (including phenoxy) is 1. The van der Waals surface area contributed by atoms with Crippen molar-refractivity contribution in [2.24, 2.45) is 0 Å². The van der Waals surface area contributed by atoms with Crippen LogP contribution >= 0.6 is 0 Å². The summed E-state index contributed by atoms with van der Waals surface area (Å²) in [5.41, 5.74) is 6.08. The molecule has 0 bridgehead atoms. The molecule has 1 aliphatic heterocycles. The molecule has 0 aliphatic carbocycles. The zero-order valence-corrected chi connectivity index (χ0v) is 7.63. The van der Waals surface area contributed by atoms with Crippen molar-refractivity contribution in [2.45, 2.75) is 29.9 Å². The van der Waals surface area contributed by atoms with Gasteiger partial charge in [-0.15, -0.1) is 0 Å². The van der Waals surface area contributed by atoms with E-state index >= 15 is 0 Å². The van der Waals surface area contributed by atoms with Crippen molar-refractivity contribution in [3.8, 4) is 0 Å². The van der Waals surface area contributed by atoms with Gasteiger partial charge in [0.05, 0.1) is 0 Å². The third kappa shape index (κ3) is 2.15. The zero-order chi connectivity index (χ0) is 10.0. The van der Waals surface area contributed by atoms with E-state index in [1.54, 1.807) is 0 Å². The fraction of sp³-hybridized carbons (Fsp3) is 0.857. The summed E-state index contributed by atoms with van der Waals surface area (Å²) in [6.45, 7) is -0.447. The van der Waals surface area contributed by atoms with Gasteiger partial charge in [-0.05, 0) is 0 Å². The molecule has 1 heterocycles. The quantitative estimate of drug-likeness (QED) is 0.211. The Balaban J connectivity index is 2.73. The van der Waals surface area contributed by atoms with Gasteiger partial charge >= 0.3 is 78.5 Å². The minimum absolute atomic E-state index is 0.0109. The molecule has 0 aromatic heterocycles. The maximum atomic E-state index is 9.28. The molecule has 0 aromatic carbocycles. The molecule has 1 saturated heterocycles. The van der Waals surface area contributed by atoms with E-state index in [1.165, 1.54) is 0 Å². The predicted molar refractivity (Wildman–Crippen MR) is 45.8 cm³/mol. The van der Waals surface area contributed by atoms with E-state index in [4.69, 9.17) is 15.5 Å². The minimum atomic E-state index is -1.37. The Labute approximate surface area is 79.2 Å². The number of hydrogen-bond donors (Lipinski definition) is 4. The maximum absolute atomic E-state index is 9.28. The fourth-order valence-corrected chi connectivity index (χ4v) is 1.73. The number of aliphatic hydroxyl groups excluding tert-OH is 4. The summed E-state index contributed by atoms with van der Waals surface area (Å²) in [4.78, 5) is 0. The molecule has 5 atom stereocenters. The summed E-state index contributed by atoms with van der Waals surface area (Å²) < 4.78 is 4.97. The second-order valence-electron chi connectivity index (χ2n) is 2.85. The van der Waals surface area contributed by atoms with Gasteiger partial charge in [-0.3, -0.25) is 0 Å². The van der Waals surface area contributed by atoms with Gasteiger partial charge in [-0.1, -0.05) is 0 Å². The molecule has 5 unspecified atom stereocenters. The van der Waals surface area contributed by atoms with E-state index in [0.717, 1.165) is 0 Å². The van der Waals surface area contributed by atoms with Crippen LogP contribution in [0.4, 0.5) is 0 Å². The Kier molecular flexibility index (Phi) is 3.96. The fourth-order valence-electron chi connectivity index (χ4n) is 1.19. The van der Waals surface area contributed by atoms with Gasteiger partial charge in [0.1, 0.15) is 0 Å². The van der Waals surface area contributed by atoms with Crippen LogP contribution in [0.1, 0.15) is 0 Å². The van der Waals surface area contributed by atoms with Crippen molar-refractivity contribution in [3.05, 3.63) is 5.69 Å². The Morgan fingerprint density at radius 3 is 2.23 bits per heavy atom. The third-order valence-corrected chi connectivity index (χ3v) is 2.68. The van der Waals surface area contributed by atoms with Crippen LogP contribution in [-0.2, 0) is 15.9 Å². The number of thiol groups is 1. The molecule has 1 aliphatic rings. The van der Waals surface area contributed by atoms with Crippen molar-refractivity contribution in [3.63, 3.8) is 0 Å². The van der Waals surface area contributed by atoms with E-state index in [9.17, 15) is 15.3 Å². The molecule has 0 aromatic rings. The van der Waals surface area contributed by atoms with Gasteiger partial charge in [0, 0.05) is 0 Å². The van der Waals surface area contributed by atoms with Gasteiger partial charge in [0.25, 0.3) is 0 Å². The first-order valence-electron chi connectivity index (χ1n) is 3.79. The van der Waals surface area contributed by atoms with Gasteiger partial charge < -0.3 is 0 Å². The number of hydrogen-bond acceptors (Lipinski definition) is 6. The zero-order valence-electron chi connectivity index (χ0n) is 6.74. The molecule has 1 fully saturated rings. The SMILES string of the molecule is [C+]#[SH-]C1OC(CO)C(O)C(O)C1O. The van der Waals surface area contributed by atoms with E-state index in [-0.39, 0.29) is 11.2 Å². The third-order valence-electron chi connectivity index (χ3n) is 1.99. The first-order chi connectivity index (χ1) is 6.11. The van der Waals surface area contributed by atoms with Gasteiger partial charge in [-0.2, -0.15) is 0 Å². The molecular weight excluding hydrogens is 196 g/mol. The predicted octanol–water partition coefficient (Wildman–Crippen LogP) is -2.85. The van der Waals surface area contributed by atoms with E-state index in [1.807, 2.05) is 0 Å². The number of rotatable bonds is 1. The molecule has 4 N–H and O–H groups in total. The molecule has 0 radical (unpaired) electrons. The average Bonchev–Trinajstić information content (AvgIpc) is 2.15. The second kappa shape index (κ2) is 4.59. The van der Waals surface area contributed by atoms with Crippen LogP contribution in [0.15, 0.2) is 0 Å². The topological polar surface area (TPSA) is 90.2 Å². The Hall–Kier alpha value is 0.150. The van der Waals surface area contributed by atoms with Crippen LogP contribution in [0, 0.1) is 5.69 Å². The molecule has 5 nitrogen and oxygen atoms in total. The summed E-state index contributed by atoms with van der Waals surface area (Å²) in [7, 11) is 0. The average molecular weight is 208 g/mol. The van der Waals surface area contributed by atoms with Crippen LogP contribution in [0.25, 0.3) is 0 Å². The van der Waals surface area contributed by atoms with Gasteiger partial charge in [-0.25, -0.2) is 0 Å². The van der Waals surface area contributed by atoms with Gasteiger partial charge in [0.2, 0.25) is 0 Å². The first kappa shape index (κ1) is 11.2. The second-order valence-corrected chi connectivity index (χ2v) is 3.62. The molecule has 1 rings (SSSR count). The van der Waals surface area contributed by atoms with Crippen molar-refractivity contribution >= 4 is 11.2 Å². The first-order valence-corrected chi connectivity index (χ1v) is 4.75. The summed E-state index contributed by atoms with van der Waals surface area (Å²) in [5.74, 6) is 0. The van der Waals surface area contributed by atoms with Crippen molar-refractivity contribution < 1.29 is 25.2 Å².